The molecule has 0 aromatic carbocycles. The van der Waals surface area contributed by atoms with Crippen molar-refractivity contribution >= 4 is 11.6 Å². The Labute approximate surface area is 72.6 Å². The Bertz CT molecular complexity index is 229. The maximum Gasteiger partial charge on any atom is 0.0553 e. The average Bonchev–Trinajstić information content (AvgIpc) is 2.60. The maximum atomic E-state index is 6.25. The smallest absolute Gasteiger partial charge is 0.0553 e. The first-order chi connectivity index (χ1) is 5.36. The summed E-state index contributed by atoms with van der Waals surface area (Å²) in [7, 11) is 0. The minimum atomic E-state index is 0.431. The minimum absolute atomic E-state index is 0.431. The van der Waals surface area contributed by atoms with Gasteiger partial charge in [0.1, 0.15) is 0 Å². The van der Waals surface area contributed by atoms with Crippen LogP contribution in [0.15, 0.2) is 11.1 Å². The van der Waals surface area contributed by atoms with Gasteiger partial charge in [0.05, 0.1) is 5.38 Å². The van der Waals surface area contributed by atoms with Crippen molar-refractivity contribution in [3.05, 3.63) is 11.1 Å². The van der Waals surface area contributed by atoms with Gasteiger partial charge in [-0.05, 0) is 49.5 Å². The summed E-state index contributed by atoms with van der Waals surface area (Å²) in [6.45, 7) is 0. The highest BCUT2D eigenvalue weighted by molar-refractivity contribution is 6.22. The van der Waals surface area contributed by atoms with E-state index in [1.165, 1.54) is 32.1 Å². The molecule has 0 radical (unpaired) electrons. The van der Waals surface area contributed by atoms with Crippen LogP contribution in [0, 0.1) is 11.8 Å². The van der Waals surface area contributed by atoms with E-state index in [2.05, 4.69) is 0 Å². The summed E-state index contributed by atoms with van der Waals surface area (Å²) >= 11 is 6.25. The van der Waals surface area contributed by atoms with Gasteiger partial charge >= 0.3 is 0 Å². The van der Waals surface area contributed by atoms with E-state index in [0.717, 1.165) is 11.8 Å². The molecule has 3 aliphatic carbocycles. The fraction of sp³-hybridized carbons (Fsp3) is 0.800. The van der Waals surface area contributed by atoms with Crippen molar-refractivity contribution in [2.45, 2.75) is 37.5 Å². The summed E-state index contributed by atoms with van der Waals surface area (Å²) in [6, 6.07) is 0. The molecule has 0 aromatic rings. The lowest BCUT2D eigenvalue weighted by atomic mass is 9.94. The standard InChI is InChI=1S/C10H13Cl/c11-9-4-3-8-6-1-2-7(5-6)10(8)9/h6-7,9H,1-5H2/t6-,7+,9-/m0/s1. The van der Waals surface area contributed by atoms with Crippen molar-refractivity contribution in [3.63, 3.8) is 0 Å². The van der Waals surface area contributed by atoms with E-state index in [-0.39, 0.29) is 0 Å². The second kappa shape index (κ2) is 2.04. The monoisotopic (exact) mass is 168 g/mol. The van der Waals surface area contributed by atoms with Crippen LogP contribution in [0.2, 0.25) is 0 Å². The molecule has 1 fully saturated rings. The molecule has 0 heterocycles. The zero-order valence-corrected chi connectivity index (χ0v) is 7.40. The molecule has 0 spiro atoms. The molecule has 3 atom stereocenters. The first-order valence-corrected chi connectivity index (χ1v) is 5.17. The number of halogens is 1. The number of fused-ring (bicyclic) bond motifs is 4. The van der Waals surface area contributed by atoms with Gasteiger partial charge in [-0.25, -0.2) is 0 Å². The van der Waals surface area contributed by atoms with E-state index in [1.54, 1.807) is 11.1 Å². The summed E-state index contributed by atoms with van der Waals surface area (Å²) in [4.78, 5) is 0. The van der Waals surface area contributed by atoms with Gasteiger partial charge in [-0.1, -0.05) is 5.57 Å². The predicted molar refractivity (Wildman–Crippen MR) is 46.7 cm³/mol. The van der Waals surface area contributed by atoms with Crippen LogP contribution < -0.4 is 0 Å². The molecular formula is C10H13Cl. The van der Waals surface area contributed by atoms with Crippen molar-refractivity contribution < 1.29 is 0 Å². The Morgan fingerprint density at radius 1 is 1.09 bits per heavy atom. The maximum absolute atomic E-state index is 6.25. The molecule has 1 saturated carbocycles. The molecule has 3 aliphatic rings. The molecule has 0 nitrogen and oxygen atoms in total. The molecule has 0 N–H and O–H groups in total. The van der Waals surface area contributed by atoms with E-state index in [4.69, 9.17) is 11.6 Å². The molecule has 11 heavy (non-hydrogen) atoms. The molecule has 1 heteroatoms. The highest BCUT2D eigenvalue weighted by Crippen LogP contribution is 2.55. The van der Waals surface area contributed by atoms with Crippen LogP contribution in [0.1, 0.15) is 32.1 Å². The molecule has 0 amide bonds. The van der Waals surface area contributed by atoms with E-state index in [9.17, 15) is 0 Å². The lowest BCUT2D eigenvalue weighted by Gasteiger charge is -2.14. The van der Waals surface area contributed by atoms with Gasteiger partial charge in [0.2, 0.25) is 0 Å². The second-order valence-corrected chi connectivity index (χ2v) is 4.72. The molecule has 2 bridgehead atoms. The number of alkyl halides is 1. The number of hydrogen-bond donors (Lipinski definition) is 0. The first kappa shape index (κ1) is 6.54. The lowest BCUT2D eigenvalue weighted by Crippen LogP contribution is -2.05. The van der Waals surface area contributed by atoms with E-state index >= 15 is 0 Å². The van der Waals surface area contributed by atoms with Gasteiger partial charge in [-0.15, -0.1) is 11.6 Å². The highest BCUT2D eigenvalue weighted by atomic mass is 35.5. The number of rotatable bonds is 0. The average molecular weight is 169 g/mol. The third-order valence-electron chi connectivity index (χ3n) is 3.74. The van der Waals surface area contributed by atoms with Crippen molar-refractivity contribution in [1.29, 1.82) is 0 Å². The minimum Gasteiger partial charge on any atom is -0.118 e. The Hall–Kier alpha value is 0.0300. The van der Waals surface area contributed by atoms with Gasteiger partial charge in [-0.2, -0.15) is 0 Å². The molecule has 0 aromatic heterocycles. The molecule has 0 saturated heterocycles. The fourth-order valence-corrected chi connectivity index (χ4v) is 3.75. The largest absolute Gasteiger partial charge is 0.118 e. The molecule has 0 aliphatic heterocycles. The molecular weight excluding hydrogens is 156 g/mol. The molecule has 0 unspecified atom stereocenters. The summed E-state index contributed by atoms with van der Waals surface area (Å²) < 4.78 is 0. The van der Waals surface area contributed by atoms with Gasteiger partial charge in [-0.3, -0.25) is 0 Å². The van der Waals surface area contributed by atoms with E-state index in [1.807, 2.05) is 0 Å². The fourth-order valence-electron chi connectivity index (χ4n) is 3.32. The highest BCUT2D eigenvalue weighted by Gasteiger charge is 2.43. The summed E-state index contributed by atoms with van der Waals surface area (Å²) in [6.07, 6.45) is 6.91. The summed E-state index contributed by atoms with van der Waals surface area (Å²) in [5.41, 5.74) is 3.46. The SMILES string of the molecule is Cl[C@H]1CCC2=C1[C@@H]1CC[C@H]2C1. The van der Waals surface area contributed by atoms with Gasteiger partial charge in [0.15, 0.2) is 0 Å². The van der Waals surface area contributed by atoms with Gasteiger partial charge in [0.25, 0.3) is 0 Å². The Morgan fingerprint density at radius 2 is 1.91 bits per heavy atom. The third-order valence-corrected chi connectivity index (χ3v) is 4.19. The van der Waals surface area contributed by atoms with Gasteiger partial charge < -0.3 is 0 Å². The topological polar surface area (TPSA) is 0 Å². The second-order valence-electron chi connectivity index (χ2n) is 4.19. The zero-order chi connectivity index (χ0) is 7.42. The Morgan fingerprint density at radius 3 is 2.73 bits per heavy atom. The normalized spacial score (nSPS) is 47.2. The van der Waals surface area contributed by atoms with Crippen molar-refractivity contribution in [3.8, 4) is 0 Å². The number of hydrogen-bond acceptors (Lipinski definition) is 0. The third kappa shape index (κ3) is 0.717. The predicted octanol–water partition coefficient (Wildman–Crippen LogP) is 3.11. The summed E-state index contributed by atoms with van der Waals surface area (Å²) in [5, 5.41) is 0.431. The van der Waals surface area contributed by atoms with Crippen LogP contribution in [0.4, 0.5) is 0 Å². The molecule has 60 valence electrons. The van der Waals surface area contributed by atoms with Crippen LogP contribution in [-0.4, -0.2) is 5.38 Å². The van der Waals surface area contributed by atoms with E-state index < -0.39 is 0 Å². The quantitative estimate of drug-likeness (QED) is 0.385. The van der Waals surface area contributed by atoms with Crippen LogP contribution in [0.3, 0.4) is 0 Å². The summed E-state index contributed by atoms with van der Waals surface area (Å²) in [5.74, 6) is 1.89. The Balaban J connectivity index is 2.05. The zero-order valence-electron chi connectivity index (χ0n) is 6.65. The first-order valence-electron chi connectivity index (χ1n) is 4.73. The van der Waals surface area contributed by atoms with Crippen LogP contribution in [-0.2, 0) is 0 Å². The van der Waals surface area contributed by atoms with Crippen molar-refractivity contribution in [1.82, 2.24) is 0 Å². The van der Waals surface area contributed by atoms with E-state index in [0.29, 0.717) is 5.38 Å². The van der Waals surface area contributed by atoms with Crippen LogP contribution >= 0.6 is 11.6 Å². The molecule has 3 rings (SSSR count). The number of allylic oxidation sites excluding steroid dienone is 2. The van der Waals surface area contributed by atoms with Gasteiger partial charge in [0, 0.05) is 0 Å². The van der Waals surface area contributed by atoms with Crippen molar-refractivity contribution in [2.24, 2.45) is 11.8 Å². The lowest BCUT2D eigenvalue weighted by molar-refractivity contribution is 0.616. The van der Waals surface area contributed by atoms with Crippen LogP contribution in [0.5, 0.6) is 0 Å². The van der Waals surface area contributed by atoms with Crippen molar-refractivity contribution in [2.75, 3.05) is 0 Å². The van der Waals surface area contributed by atoms with Crippen LogP contribution in [0.25, 0.3) is 0 Å². The Kier molecular flexibility index (Phi) is 1.21.